The first-order chi connectivity index (χ1) is 12.2. The second-order valence-corrected chi connectivity index (χ2v) is 6.36. The normalized spacial score (nSPS) is 18.4. The molecule has 1 atom stereocenters. The van der Waals surface area contributed by atoms with Crippen LogP contribution in [0.3, 0.4) is 0 Å². The van der Waals surface area contributed by atoms with Crippen LogP contribution in [0.2, 0.25) is 0 Å². The highest BCUT2D eigenvalue weighted by atomic mass is 16.3. The fourth-order valence-electron chi connectivity index (χ4n) is 3.49. The van der Waals surface area contributed by atoms with Crippen molar-refractivity contribution in [1.82, 2.24) is 19.1 Å². The van der Waals surface area contributed by atoms with Crippen LogP contribution >= 0.6 is 0 Å². The molecule has 130 valence electrons. The number of hydrogen-bond acceptors (Lipinski definition) is 4. The fourth-order valence-corrected chi connectivity index (χ4v) is 3.49. The molecule has 4 rings (SSSR count). The van der Waals surface area contributed by atoms with E-state index in [9.17, 15) is 9.59 Å². The average molecular weight is 340 g/mol. The SMILES string of the molecule is O=C(Cn1ncn2cccc2c1=O)N1CCCCCC1c1ccco1. The first-order valence-corrected chi connectivity index (χ1v) is 8.60. The van der Waals surface area contributed by atoms with Crippen LogP contribution in [-0.2, 0) is 11.3 Å². The van der Waals surface area contributed by atoms with E-state index in [1.807, 2.05) is 17.0 Å². The van der Waals surface area contributed by atoms with Gasteiger partial charge in [0.2, 0.25) is 5.91 Å². The molecule has 1 amide bonds. The smallest absolute Gasteiger partial charge is 0.291 e. The summed E-state index contributed by atoms with van der Waals surface area (Å²) in [7, 11) is 0. The third-order valence-corrected chi connectivity index (χ3v) is 4.78. The van der Waals surface area contributed by atoms with E-state index in [2.05, 4.69) is 5.10 Å². The summed E-state index contributed by atoms with van der Waals surface area (Å²) in [5.41, 5.74) is 0.256. The van der Waals surface area contributed by atoms with Crippen molar-refractivity contribution in [2.75, 3.05) is 6.54 Å². The Morgan fingerprint density at radius 2 is 2.16 bits per heavy atom. The average Bonchev–Trinajstić information content (AvgIpc) is 3.25. The van der Waals surface area contributed by atoms with Crippen LogP contribution in [0.5, 0.6) is 0 Å². The molecule has 0 saturated carbocycles. The van der Waals surface area contributed by atoms with E-state index in [4.69, 9.17) is 4.42 Å². The van der Waals surface area contributed by atoms with Crippen molar-refractivity contribution in [3.63, 3.8) is 0 Å². The number of carbonyl (C=O) groups is 1. The molecule has 1 unspecified atom stereocenters. The molecule has 0 N–H and O–H groups in total. The van der Waals surface area contributed by atoms with Gasteiger partial charge in [0.25, 0.3) is 5.56 Å². The Morgan fingerprint density at radius 3 is 3.00 bits per heavy atom. The van der Waals surface area contributed by atoms with Gasteiger partial charge in [-0.1, -0.05) is 12.8 Å². The minimum Gasteiger partial charge on any atom is -0.467 e. The summed E-state index contributed by atoms with van der Waals surface area (Å²) < 4.78 is 8.44. The third kappa shape index (κ3) is 2.97. The largest absolute Gasteiger partial charge is 0.467 e. The maximum Gasteiger partial charge on any atom is 0.291 e. The van der Waals surface area contributed by atoms with Crippen LogP contribution < -0.4 is 5.56 Å². The topological polar surface area (TPSA) is 72.8 Å². The minimum absolute atomic E-state index is 0.0578. The van der Waals surface area contributed by atoms with Gasteiger partial charge < -0.3 is 13.7 Å². The predicted molar refractivity (Wildman–Crippen MR) is 91.1 cm³/mol. The van der Waals surface area contributed by atoms with Crippen molar-refractivity contribution in [1.29, 1.82) is 0 Å². The zero-order chi connectivity index (χ0) is 17.2. The predicted octanol–water partition coefficient (Wildman–Crippen LogP) is 2.23. The highest BCUT2D eigenvalue weighted by Gasteiger charge is 2.29. The molecular formula is C18H20N4O3. The number of nitrogens with zero attached hydrogens (tertiary/aromatic N) is 4. The third-order valence-electron chi connectivity index (χ3n) is 4.78. The summed E-state index contributed by atoms with van der Waals surface area (Å²) in [6, 6.07) is 7.19. The Kier molecular flexibility index (Phi) is 4.13. The number of likely N-dealkylation sites (tertiary alicyclic amines) is 1. The lowest BCUT2D eigenvalue weighted by molar-refractivity contribution is -0.135. The fraction of sp³-hybridized carbons (Fsp3) is 0.389. The highest BCUT2D eigenvalue weighted by Crippen LogP contribution is 2.30. The summed E-state index contributed by atoms with van der Waals surface area (Å²) >= 11 is 0. The zero-order valence-corrected chi connectivity index (χ0v) is 13.9. The molecule has 1 fully saturated rings. The number of hydrogen-bond donors (Lipinski definition) is 0. The van der Waals surface area contributed by atoms with Gasteiger partial charge in [-0.3, -0.25) is 9.59 Å². The van der Waals surface area contributed by atoms with Gasteiger partial charge in [-0.25, -0.2) is 4.68 Å². The van der Waals surface area contributed by atoms with Gasteiger partial charge >= 0.3 is 0 Å². The van der Waals surface area contributed by atoms with E-state index in [-0.39, 0.29) is 24.1 Å². The van der Waals surface area contributed by atoms with Crippen molar-refractivity contribution in [2.45, 2.75) is 38.3 Å². The van der Waals surface area contributed by atoms with Gasteiger partial charge in [0, 0.05) is 12.7 Å². The van der Waals surface area contributed by atoms with Crippen LogP contribution in [0.4, 0.5) is 0 Å². The Morgan fingerprint density at radius 1 is 1.24 bits per heavy atom. The number of fused-ring (bicyclic) bond motifs is 1. The van der Waals surface area contributed by atoms with Crippen LogP contribution in [0.1, 0.15) is 37.5 Å². The van der Waals surface area contributed by atoms with Crippen molar-refractivity contribution >= 4 is 11.4 Å². The molecule has 1 saturated heterocycles. The quantitative estimate of drug-likeness (QED) is 0.733. The standard InChI is InChI=1S/C18H20N4O3/c23-17(12-22-18(24)15-7-4-9-20(15)13-19-22)21-10-3-1-2-6-14(21)16-8-5-11-25-16/h4-5,7-9,11,13-14H,1-3,6,10,12H2. The molecule has 0 spiro atoms. The van der Waals surface area contributed by atoms with Crippen LogP contribution in [0.25, 0.3) is 5.52 Å². The number of furan rings is 1. The van der Waals surface area contributed by atoms with Gasteiger partial charge in [-0.05, 0) is 37.1 Å². The van der Waals surface area contributed by atoms with E-state index < -0.39 is 0 Å². The van der Waals surface area contributed by atoms with Crippen LogP contribution in [0.15, 0.2) is 52.3 Å². The lowest BCUT2D eigenvalue weighted by atomic mass is 10.1. The summed E-state index contributed by atoms with van der Waals surface area (Å²) in [5, 5.41) is 4.12. The van der Waals surface area contributed by atoms with E-state index in [1.54, 1.807) is 35.3 Å². The zero-order valence-electron chi connectivity index (χ0n) is 13.9. The lowest BCUT2D eigenvalue weighted by Crippen LogP contribution is -2.39. The summed E-state index contributed by atoms with van der Waals surface area (Å²) in [4.78, 5) is 27.2. The molecule has 0 bridgehead atoms. The second-order valence-electron chi connectivity index (χ2n) is 6.36. The van der Waals surface area contributed by atoms with Gasteiger partial charge in [0.05, 0.1) is 12.3 Å². The Hall–Kier alpha value is -2.83. The summed E-state index contributed by atoms with van der Waals surface area (Å²) in [6.07, 6.45) is 8.94. The Balaban J connectivity index is 1.61. The molecule has 7 heteroatoms. The monoisotopic (exact) mass is 340 g/mol. The summed E-state index contributed by atoms with van der Waals surface area (Å²) in [6.45, 7) is 0.615. The summed E-state index contributed by atoms with van der Waals surface area (Å²) in [5.74, 6) is 0.700. The molecule has 3 aromatic rings. The first kappa shape index (κ1) is 15.7. The maximum atomic E-state index is 12.9. The maximum absolute atomic E-state index is 12.9. The molecule has 0 radical (unpaired) electrons. The molecule has 3 aromatic heterocycles. The van der Waals surface area contributed by atoms with Crippen molar-refractivity contribution in [3.05, 3.63) is 59.2 Å². The van der Waals surface area contributed by atoms with Crippen molar-refractivity contribution < 1.29 is 9.21 Å². The van der Waals surface area contributed by atoms with Crippen LogP contribution in [-0.4, -0.2) is 31.5 Å². The van der Waals surface area contributed by atoms with Gasteiger partial charge in [0.15, 0.2) is 0 Å². The highest BCUT2D eigenvalue weighted by molar-refractivity contribution is 5.76. The molecule has 0 aliphatic carbocycles. The van der Waals surface area contributed by atoms with Crippen molar-refractivity contribution in [2.24, 2.45) is 0 Å². The molecule has 25 heavy (non-hydrogen) atoms. The van der Waals surface area contributed by atoms with Crippen LogP contribution in [0, 0.1) is 0 Å². The molecule has 1 aliphatic rings. The molecule has 4 heterocycles. The lowest BCUT2D eigenvalue weighted by Gasteiger charge is -2.28. The van der Waals surface area contributed by atoms with E-state index in [1.165, 1.54) is 4.68 Å². The van der Waals surface area contributed by atoms with E-state index in [0.717, 1.165) is 31.4 Å². The molecule has 7 nitrogen and oxygen atoms in total. The van der Waals surface area contributed by atoms with Gasteiger partial charge in [-0.15, -0.1) is 0 Å². The van der Waals surface area contributed by atoms with E-state index >= 15 is 0 Å². The number of carbonyl (C=O) groups excluding carboxylic acids is 1. The Labute approximate surface area is 144 Å². The van der Waals surface area contributed by atoms with Gasteiger partial charge in [-0.2, -0.15) is 5.10 Å². The second kappa shape index (κ2) is 6.58. The minimum atomic E-state index is -0.259. The van der Waals surface area contributed by atoms with Gasteiger partial charge in [0.1, 0.15) is 24.1 Å². The molecule has 0 aromatic carbocycles. The number of rotatable bonds is 3. The number of aromatic nitrogens is 3. The number of amides is 1. The van der Waals surface area contributed by atoms with Crippen molar-refractivity contribution in [3.8, 4) is 0 Å². The molecular weight excluding hydrogens is 320 g/mol. The van der Waals surface area contributed by atoms with E-state index in [0.29, 0.717) is 12.1 Å². The first-order valence-electron chi connectivity index (χ1n) is 8.60. The molecule has 1 aliphatic heterocycles. The Bertz CT molecular complexity index is 925.